The maximum atomic E-state index is 11.6. The van der Waals surface area contributed by atoms with Crippen molar-refractivity contribution < 1.29 is 19.4 Å². The molecule has 2 N–H and O–H groups in total. The number of methoxy groups -OCH3 is 1. The Labute approximate surface area is 112 Å². The first-order valence-corrected chi connectivity index (χ1v) is 6.14. The summed E-state index contributed by atoms with van der Waals surface area (Å²) in [5, 5.41) is 11.4. The number of hydrogen-bond donors (Lipinski definition) is 2. The van der Waals surface area contributed by atoms with Crippen LogP contribution in [0.1, 0.15) is 25.3 Å². The lowest BCUT2D eigenvalue weighted by Gasteiger charge is -2.09. The summed E-state index contributed by atoms with van der Waals surface area (Å²) < 4.78 is 5.07. The lowest BCUT2D eigenvalue weighted by molar-refractivity contribution is -0.136. The summed E-state index contributed by atoms with van der Waals surface area (Å²) in [5.74, 6) is -0.944. The third-order valence-corrected chi connectivity index (χ3v) is 2.77. The van der Waals surface area contributed by atoms with Crippen LogP contribution in [0.25, 0.3) is 0 Å². The summed E-state index contributed by atoms with van der Waals surface area (Å²) in [7, 11) is 1.61. The van der Waals surface area contributed by atoms with Crippen LogP contribution in [0.15, 0.2) is 24.3 Å². The molecule has 0 aliphatic heterocycles. The lowest BCUT2D eigenvalue weighted by Crippen LogP contribution is -2.15. The summed E-state index contributed by atoms with van der Waals surface area (Å²) in [5.41, 5.74) is 1.38. The number of carboxylic acid groups (broad SMARTS) is 1. The zero-order valence-electron chi connectivity index (χ0n) is 11.2. The van der Waals surface area contributed by atoms with Gasteiger partial charge in [-0.2, -0.15) is 0 Å². The molecule has 0 heterocycles. The third-order valence-electron chi connectivity index (χ3n) is 2.77. The number of hydrogen-bond acceptors (Lipinski definition) is 3. The smallest absolute Gasteiger partial charge is 0.307 e. The Kier molecular flexibility index (Phi) is 6.02. The second kappa shape index (κ2) is 7.53. The van der Waals surface area contributed by atoms with E-state index >= 15 is 0 Å². The van der Waals surface area contributed by atoms with Gasteiger partial charge < -0.3 is 15.2 Å². The summed E-state index contributed by atoms with van der Waals surface area (Å²) in [6, 6.07) is 6.80. The predicted molar refractivity (Wildman–Crippen MR) is 72.1 cm³/mol. The Bertz CT molecular complexity index is 428. The molecule has 0 aromatic heterocycles. The van der Waals surface area contributed by atoms with Crippen LogP contribution < -0.4 is 5.32 Å². The zero-order chi connectivity index (χ0) is 14.3. The largest absolute Gasteiger partial charge is 0.481 e. The minimum absolute atomic E-state index is 0.0143. The van der Waals surface area contributed by atoms with E-state index in [9.17, 15) is 9.59 Å². The molecule has 1 rings (SSSR count). The molecular formula is C14H19NO4. The SMILES string of the molecule is COC(C)CCC(=O)Nc1ccc(CC(=O)O)cc1. The van der Waals surface area contributed by atoms with Crippen molar-refractivity contribution in [3.8, 4) is 0 Å². The van der Waals surface area contributed by atoms with Crippen LogP contribution in [0.2, 0.25) is 0 Å². The van der Waals surface area contributed by atoms with E-state index < -0.39 is 5.97 Å². The van der Waals surface area contributed by atoms with Gasteiger partial charge in [-0.3, -0.25) is 9.59 Å². The number of carbonyl (C=O) groups is 2. The van der Waals surface area contributed by atoms with E-state index in [4.69, 9.17) is 9.84 Å². The Balaban J connectivity index is 2.44. The van der Waals surface area contributed by atoms with E-state index in [1.165, 1.54) is 0 Å². The number of rotatable bonds is 7. The maximum absolute atomic E-state index is 11.6. The summed E-state index contributed by atoms with van der Waals surface area (Å²) in [4.78, 5) is 22.2. The molecule has 0 radical (unpaired) electrons. The van der Waals surface area contributed by atoms with Gasteiger partial charge in [-0.15, -0.1) is 0 Å². The summed E-state index contributed by atoms with van der Waals surface area (Å²) in [6.45, 7) is 1.91. The van der Waals surface area contributed by atoms with E-state index in [-0.39, 0.29) is 18.4 Å². The molecule has 1 aromatic carbocycles. The highest BCUT2D eigenvalue weighted by Gasteiger charge is 2.06. The molecular weight excluding hydrogens is 246 g/mol. The Hall–Kier alpha value is -1.88. The van der Waals surface area contributed by atoms with Gasteiger partial charge in [0, 0.05) is 19.2 Å². The minimum Gasteiger partial charge on any atom is -0.481 e. The molecule has 0 fully saturated rings. The fourth-order valence-electron chi connectivity index (χ4n) is 1.56. The molecule has 0 saturated carbocycles. The first-order chi connectivity index (χ1) is 9.01. The highest BCUT2D eigenvalue weighted by molar-refractivity contribution is 5.90. The average Bonchev–Trinajstić information content (AvgIpc) is 2.37. The fourth-order valence-corrected chi connectivity index (χ4v) is 1.56. The molecule has 0 aliphatic rings. The second-order valence-corrected chi connectivity index (χ2v) is 4.40. The molecule has 0 spiro atoms. The number of carboxylic acids is 1. The molecule has 104 valence electrons. The van der Waals surface area contributed by atoms with E-state index in [0.29, 0.717) is 24.1 Å². The van der Waals surface area contributed by atoms with Crippen molar-refractivity contribution in [3.05, 3.63) is 29.8 Å². The van der Waals surface area contributed by atoms with Gasteiger partial charge in [0.05, 0.1) is 12.5 Å². The highest BCUT2D eigenvalue weighted by atomic mass is 16.5. The Morgan fingerprint density at radius 3 is 2.47 bits per heavy atom. The van der Waals surface area contributed by atoms with Gasteiger partial charge in [0.1, 0.15) is 0 Å². The van der Waals surface area contributed by atoms with Gasteiger partial charge >= 0.3 is 5.97 Å². The van der Waals surface area contributed by atoms with E-state index in [1.54, 1.807) is 31.4 Å². The van der Waals surface area contributed by atoms with Crippen LogP contribution in [-0.2, 0) is 20.7 Å². The fraction of sp³-hybridized carbons (Fsp3) is 0.429. The first-order valence-electron chi connectivity index (χ1n) is 6.14. The standard InChI is InChI=1S/C14H19NO4/c1-10(19-2)3-8-13(16)15-12-6-4-11(5-7-12)9-14(17)18/h4-7,10H,3,8-9H2,1-2H3,(H,15,16)(H,17,18). The van der Waals surface area contributed by atoms with Crippen LogP contribution >= 0.6 is 0 Å². The Morgan fingerprint density at radius 2 is 1.95 bits per heavy atom. The predicted octanol–water partition coefficient (Wildman–Crippen LogP) is 2.07. The number of anilines is 1. The molecule has 0 bridgehead atoms. The van der Waals surface area contributed by atoms with Gasteiger partial charge in [0.25, 0.3) is 0 Å². The van der Waals surface area contributed by atoms with Crippen molar-refractivity contribution in [2.75, 3.05) is 12.4 Å². The number of nitrogens with one attached hydrogen (secondary N) is 1. The molecule has 1 unspecified atom stereocenters. The van der Waals surface area contributed by atoms with E-state index in [0.717, 1.165) is 0 Å². The minimum atomic E-state index is -0.870. The van der Waals surface area contributed by atoms with Crippen LogP contribution in [0.5, 0.6) is 0 Å². The quantitative estimate of drug-likeness (QED) is 0.791. The van der Waals surface area contributed by atoms with Crippen molar-refractivity contribution in [1.82, 2.24) is 0 Å². The van der Waals surface area contributed by atoms with Crippen molar-refractivity contribution >= 4 is 17.6 Å². The van der Waals surface area contributed by atoms with Gasteiger partial charge in [0.15, 0.2) is 0 Å². The monoisotopic (exact) mass is 265 g/mol. The number of ether oxygens (including phenoxy) is 1. The second-order valence-electron chi connectivity index (χ2n) is 4.40. The van der Waals surface area contributed by atoms with Crippen LogP contribution in [-0.4, -0.2) is 30.2 Å². The summed E-state index contributed by atoms with van der Waals surface area (Å²) in [6.07, 6.45) is 1.11. The number of benzene rings is 1. The van der Waals surface area contributed by atoms with Crippen molar-refractivity contribution in [1.29, 1.82) is 0 Å². The van der Waals surface area contributed by atoms with Crippen molar-refractivity contribution in [2.45, 2.75) is 32.3 Å². The molecule has 0 aliphatic carbocycles. The van der Waals surface area contributed by atoms with Gasteiger partial charge in [-0.25, -0.2) is 0 Å². The number of amides is 1. The zero-order valence-corrected chi connectivity index (χ0v) is 11.2. The molecule has 0 saturated heterocycles. The molecule has 5 heteroatoms. The number of aliphatic carboxylic acids is 1. The molecule has 19 heavy (non-hydrogen) atoms. The highest BCUT2D eigenvalue weighted by Crippen LogP contribution is 2.11. The van der Waals surface area contributed by atoms with E-state index in [2.05, 4.69) is 5.32 Å². The van der Waals surface area contributed by atoms with Gasteiger partial charge in [-0.05, 0) is 31.0 Å². The average molecular weight is 265 g/mol. The molecule has 5 nitrogen and oxygen atoms in total. The first kappa shape index (κ1) is 15.2. The Morgan fingerprint density at radius 1 is 1.32 bits per heavy atom. The normalized spacial score (nSPS) is 11.9. The molecule has 1 amide bonds. The van der Waals surface area contributed by atoms with E-state index in [1.807, 2.05) is 6.92 Å². The maximum Gasteiger partial charge on any atom is 0.307 e. The van der Waals surface area contributed by atoms with Crippen LogP contribution in [0.3, 0.4) is 0 Å². The molecule has 1 aromatic rings. The van der Waals surface area contributed by atoms with Crippen LogP contribution in [0.4, 0.5) is 5.69 Å². The molecule has 1 atom stereocenters. The lowest BCUT2D eigenvalue weighted by atomic mass is 10.1. The van der Waals surface area contributed by atoms with Gasteiger partial charge in [-0.1, -0.05) is 12.1 Å². The third kappa shape index (κ3) is 6.01. The summed E-state index contributed by atoms with van der Waals surface area (Å²) >= 11 is 0. The van der Waals surface area contributed by atoms with Gasteiger partial charge in [0.2, 0.25) is 5.91 Å². The number of carbonyl (C=O) groups excluding carboxylic acids is 1. The van der Waals surface area contributed by atoms with Crippen molar-refractivity contribution in [2.24, 2.45) is 0 Å². The van der Waals surface area contributed by atoms with Crippen molar-refractivity contribution in [3.63, 3.8) is 0 Å². The van der Waals surface area contributed by atoms with Crippen LogP contribution in [0, 0.1) is 0 Å². The topological polar surface area (TPSA) is 75.6 Å².